The molecular formula is C16H16BNO3. The summed E-state index contributed by atoms with van der Waals surface area (Å²) in [6.45, 7) is 1.60. The molecular weight excluding hydrogens is 265 g/mol. The summed E-state index contributed by atoms with van der Waals surface area (Å²) >= 11 is 0. The summed E-state index contributed by atoms with van der Waals surface area (Å²) in [7, 11) is 1.93. The Morgan fingerprint density at radius 2 is 1.86 bits per heavy atom. The van der Waals surface area contributed by atoms with Gasteiger partial charge in [0, 0.05) is 12.1 Å². The van der Waals surface area contributed by atoms with Crippen LogP contribution in [0.15, 0.2) is 42.5 Å². The summed E-state index contributed by atoms with van der Waals surface area (Å²) in [5, 5.41) is 2.93. The van der Waals surface area contributed by atoms with E-state index in [0.29, 0.717) is 25.3 Å². The van der Waals surface area contributed by atoms with Crippen molar-refractivity contribution in [1.82, 2.24) is 5.32 Å². The van der Waals surface area contributed by atoms with Crippen molar-refractivity contribution in [2.75, 3.05) is 13.2 Å². The molecule has 0 spiro atoms. The number of fused-ring (bicyclic) bond motifs is 1. The molecule has 0 radical (unpaired) electrons. The predicted octanol–water partition coefficient (Wildman–Crippen LogP) is 0.646. The minimum atomic E-state index is -0.0667. The third-order valence-corrected chi connectivity index (χ3v) is 3.45. The molecule has 1 aliphatic heterocycles. The maximum absolute atomic E-state index is 12.2. The number of rotatable bonds is 3. The first-order valence-corrected chi connectivity index (χ1v) is 6.96. The van der Waals surface area contributed by atoms with Crippen molar-refractivity contribution in [3.05, 3.63) is 53.6 Å². The molecule has 0 fully saturated rings. The largest absolute Gasteiger partial charge is 0.486 e. The normalized spacial score (nSPS) is 12.8. The van der Waals surface area contributed by atoms with E-state index in [4.69, 9.17) is 9.47 Å². The van der Waals surface area contributed by atoms with E-state index in [-0.39, 0.29) is 5.91 Å². The number of benzene rings is 2. The second kappa shape index (κ2) is 5.91. The Kier molecular flexibility index (Phi) is 3.82. The van der Waals surface area contributed by atoms with Gasteiger partial charge in [-0.25, -0.2) is 0 Å². The molecule has 0 saturated heterocycles. The van der Waals surface area contributed by atoms with Gasteiger partial charge in [-0.15, -0.1) is 0 Å². The van der Waals surface area contributed by atoms with Crippen LogP contribution in [0.2, 0.25) is 0 Å². The van der Waals surface area contributed by atoms with Crippen LogP contribution >= 0.6 is 0 Å². The lowest BCUT2D eigenvalue weighted by atomic mass is 9.90. The van der Waals surface area contributed by atoms with Crippen molar-refractivity contribution >= 4 is 19.2 Å². The molecule has 0 unspecified atom stereocenters. The quantitative estimate of drug-likeness (QED) is 0.840. The fourth-order valence-electron chi connectivity index (χ4n) is 2.30. The van der Waals surface area contributed by atoms with E-state index in [1.807, 2.05) is 50.3 Å². The van der Waals surface area contributed by atoms with Crippen LogP contribution in [0.25, 0.3) is 0 Å². The van der Waals surface area contributed by atoms with Crippen LogP contribution in [0.1, 0.15) is 15.9 Å². The van der Waals surface area contributed by atoms with Crippen molar-refractivity contribution in [3.63, 3.8) is 0 Å². The average Bonchev–Trinajstić information content (AvgIpc) is 2.53. The van der Waals surface area contributed by atoms with Crippen molar-refractivity contribution in [3.8, 4) is 11.5 Å². The van der Waals surface area contributed by atoms with E-state index in [1.165, 1.54) is 0 Å². The Morgan fingerprint density at radius 1 is 1.10 bits per heavy atom. The summed E-state index contributed by atoms with van der Waals surface area (Å²) in [6, 6.07) is 13.3. The van der Waals surface area contributed by atoms with E-state index in [9.17, 15) is 4.79 Å². The minimum absolute atomic E-state index is 0.0667. The van der Waals surface area contributed by atoms with Gasteiger partial charge in [-0.05, 0) is 17.7 Å². The van der Waals surface area contributed by atoms with Gasteiger partial charge in [-0.1, -0.05) is 35.8 Å². The second-order valence-electron chi connectivity index (χ2n) is 4.98. The smallest absolute Gasteiger partial charge is 0.250 e. The van der Waals surface area contributed by atoms with Crippen LogP contribution in [0.3, 0.4) is 0 Å². The highest BCUT2D eigenvalue weighted by molar-refractivity contribution is 6.36. The highest BCUT2D eigenvalue weighted by Crippen LogP contribution is 2.30. The van der Waals surface area contributed by atoms with Crippen LogP contribution in [0.5, 0.6) is 11.5 Å². The van der Waals surface area contributed by atoms with Gasteiger partial charge in [-0.2, -0.15) is 0 Å². The number of carbonyl (C=O) groups is 1. The van der Waals surface area contributed by atoms with Crippen molar-refractivity contribution in [1.29, 1.82) is 0 Å². The summed E-state index contributed by atoms with van der Waals surface area (Å²) < 4.78 is 11.0. The van der Waals surface area contributed by atoms with Crippen LogP contribution in [-0.4, -0.2) is 27.0 Å². The molecule has 3 rings (SSSR count). The molecule has 5 heteroatoms. The van der Waals surface area contributed by atoms with Gasteiger partial charge in [0.25, 0.3) is 5.91 Å². The van der Waals surface area contributed by atoms with Crippen LogP contribution in [0.4, 0.5) is 0 Å². The van der Waals surface area contributed by atoms with Crippen LogP contribution < -0.4 is 20.3 Å². The van der Waals surface area contributed by atoms with E-state index in [0.717, 1.165) is 22.5 Å². The van der Waals surface area contributed by atoms with Gasteiger partial charge >= 0.3 is 0 Å². The van der Waals surface area contributed by atoms with E-state index in [1.54, 1.807) is 0 Å². The molecule has 0 aliphatic carbocycles. The summed E-state index contributed by atoms with van der Waals surface area (Å²) in [6.07, 6.45) is 0. The SMILES string of the molecule is Bc1ccccc1C(=O)NCc1ccc2c(c1)OCCO2. The molecule has 1 aliphatic rings. The second-order valence-corrected chi connectivity index (χ2v) is 4.98. The molecule has 106 valence electrons. The molecule has 0 bridgehead atoms. The highest BCUT2D eigenvalue weighted by Gasteiger charge is 2.12. The van der Waals surface area contributed by atoms with Crippen molar-refractivity contribution < 1.29 is 14.3 Å². The van der Waals surface area contributed by atoms with E-state index >= 15 is 0 Å². The zero-order chi connectivity index (χ0) is 14.7. The lowest BCUT2D eigenvalue weighted by Gasteiger charge is -2.19. The Labute approximate surface area is 124 Å². The number of hydrogen-bond donors (Lipinski definition) is 1. The summed E-state index contributed by atoms with van der Waals surface area (Å²) in [5.41, 5.74) is 2.66. The Hall–Kier alpha value is -2.43. The number of nitrogens with one attached hydrogen (secondary N) is 1. The molecule has 4 nitrogen and oxygen atoms in total. The zero-order valence-electron chi connectivity index (χ0n) is 11.9. The predicted molar refractivity (Wildman–Crippen MR) is 83.2 cm³/mol. The number of hydrogen-bond acceptors (Lipinski definition) is 3. The van der Waals surface area contributed by atoms with Gasteiger partial charge in [0.05, 0.1) is 0 Å². The molecule has 2 aromatic rings. The minimum Gasteiger partial charge on any atom is -0.486 e. The van der Waals surface area contributed by atoms with Crippen molar-refractivity contribution in [2.24, 2.45) is 0 Å². The lowest BCUT2D eigenvalue weighted by Crippen LogP contribution is -2.28. The number of ether oxygens (including phenoxy) is 2. The Bertz CT molecular complexity index is 672. The lowest BCUT2D eigenvalue weighted by molar-refractivity contribution is 0.0952. The molecule has 1 N–H and O–H groups in total. The van der Waals surface area contributed by atoms with Gasteiger partial charge in [0.15, 0.2) is 11.5 Å². The topological polar surface area (TPSA) is 47.6 Å². The molecule has 1 heterocycles. The van der Waals surface area contributed by atoms with Gasteiger partial charge < -0.3 is 14.8 Å². The maximum atomic E-state index is 12.2. The molecule has 0 aromatic heterocycles. The third-order valence-electron chi connectivity index (χ3n) is 3.45. The van der Waals surface area contributed by atoms with Crippen LogP contribution in [-0.2, 0) is 6.54 Å². The zero-order valence-corrected chi connectivity index (χ0v) is 11.9. The standard InChI is InChI=1S/C16H16BNO3/c17-13-4-2-1-3-12(13)16(19)18-10-11-5-6-14-15(9-11)21-8-7-20-14/h1-6,9H,7-8,10,17H2,(H,18,19). The van der Waals surface area contributed by atoms with E-state index in [2.05, 4.69) is 5.32 Å². The van der Waals surface area contributed by atoms with Crippen LogP contribution in [0, 0.1) is 0 Å². The van der Waals surface area contributed by atoms with Crippen molar-refractivity contribution in [2.45, 2.75) is 6.54 Å². The monoisotopic (exact) mass is 281 g/mol. The maximum Gasteiger partial charge on any atom is 0.250 e. The molecule has 21 heavy (non-hydrogen) atoms. The summed E-state index contributed by atoms with van der Waals surface area (Å²) in [5.74, 6) is 1.43. The highest BCUT2D eigenvalue weighted by atomic mass is 16.6. The average molecular weight is 281 g/mol. The molecule has 2 aromatic carbocycles. The number of carbonyl (C=O) groups excluding carboxylic acids is 1. The first kappa shape index (κ1) is 13.6. The molecule has 0 atom stereocenters. The molecule has 1 amide bonds. The Morgan fingerprint density at radius 3 is 2.67 bits per heavy atom. The first-order chi connectivity index (χ1) is 10.2. The van der Waals surface area contributed by atoms with Gasteiger partial charge in [-0.3, -0.25) is 4.79 Å². The van der Waals surface area contributed by atoms with E-state index < -0.39 is 0 Å². The number of amides is 1. The fraction of sp³-hybridized carbons (Fsp3) is 0.188. The summed E-state index contributed by atoms with van der Waals surface area (Å²) in [4.78, 5) is 12.2. The molecule has 0 saturated carbocycles. The third kappa shape index (κ3) is 3.02. The fourth-order valence-corrected chi connectivity index (χ4v) is 2.30. The Balaban J connectivity index is 1.68. The van der Waals surface area contributed by atoms with Gasteiger partial charge in [0.2, 0.25) is 0 Å². The van der Waals surface area contributed by atoms with Gasteiger partial charge in [0.1, 0.15) is 21.1 Å². The first-order valence-electron chi connectivity index (χ1n) is 6.96.